The number of thioether (sulfide) groups is 1. The van der Waals surface area contributed by atoms with Gasteiger partial charge in [0, 0.05) is 21.5 Å². The molecule has 0 spiro atoms. The lowest BCUT2D eigenvalue weighted by Crippen LogP contribution is -2.18. The number of fused-ring (bicyclic) bond motifs is 1. The number of aryl methyl sites for hydroxylation is 1. The lowest BCUT2D eigenvalue weighted by Gasteiger charge is -2.15. The molecule has 0 aliphatic carbocycles. The van der Waals surface area contributed by atoms with Crippen molar-refractivity contribution in [3.63, 3.8) is 0 Å². The Morgan fingerprint density at radius 3 is 3.05 bits per heavy atom. The van der Waals surface area contributed by atoms with Gasteiger partial charge >= 0.3 is 0 Å². The van der Waals surface area contributed by atoms with Gasteiger partial charge in [0.05, 0.1) is 5.02 Å². The van der Waals surface area contributed by atoms with Crippen molar-refractivity contribution in [3.8, 4) is 0 Å². The number of hydrogen-bond acceptors (Lipinski definition) is 3. The molecule has 0 saturated heterocycles. The van der Waals surface area contributed by atoms with Crippen LogP contribution in [0.2, 0.25) is 5.02 Å². The largest absolute Gasteiger partial charge is 0.312 e. The van der Waals surface area contributed by atoms with Crippen molar-refractivity contribution in [1.82, 2.24) is 5.32 Å². The average molecular weight is 342 g/mol. The fourth-order valence-electron chi connectivity index (χ4n) is 2.61. The van der Waals surface area contributed by atoms with Gasteiger partial charge in [-0.3, -0.25) is 0 Å². The predicted molar refractivity (Wildman–Crippen MR) is 91.1 cm³/mol. The first-order chi connectivity index (χ1) is 10.2. The molecule has 0 fully saturated rings. The molecule has 112 valence electrons. The third-order valence-electron chi connectivity index (χ3n) is 3.79. The lowest BCUT2D eigenvalue weighted by molar-refractivity contribution is 0.592. The first kappa shape index (κ1) is 15.3. The first-order valence-corrected chi connectivity index (χ1v) is 9.33. The van der Waals surface area contributed by atoms with Crippen molar-refractivity contribution in [2.24, 2.45) is 0 Å². The summed E-state index contributed by atoms with van der Waals surface area (Å²) in [5.74, 6) is 1.99. The van der Waals surface area contributed by atoms with Gasteiger partial charge in [-0.1, -0.05) is 23.7 Å². The predicted octanol–water partition coefficient (Wildman–Crippen LogP) is 4.83. The Hall–Kier alpha value is -0.550. The first-order valence-electron chi connectivity index (χ1n) is 6.98. The van der Waals surface area contributed by atoms with E-state index in [1.54, 1.807) is 6.07 Å². The Labute approximate surface area is 137 Å². The van der Waals surface area contributed by atoms with Crippen LogP contribution in [0.5, 0.6) is 0 Å². The van der Waals surface area contributed by atoms with Crippen molar-refractivity contribution in [3.05, 3.63) is 56.0 Å². The van der Waals surface area contributed by atoms with E-state index in [1.807, 2.05) is 36.2 Å². The second kappa shape index (κ2) is 6.69. The number of nitrogens with one attached hydrogen (secondary N) is 1. The van der Waals surface area contributed by atoms with Gasteiger partial charge in [0.2, 0.25) is 0 Å². The highest BCUT2D eigenvalue weighted by atomic mass is 35.5. The number of rotatable bonds is 4. The van der Waals surface area contributed by atoms with Crippen molar-refractivity contribution in [1.29, 1.82) is 0 Å². The Kier molecular flexibility index (Phi) is 4.89. The summed E-state index contributed by atoms with van der Waals surface area (Å²) in [5.41, 5.74) is 2.33. The van der Waals surface area contributed by atoms with Crippen molar-refractivity contribution in [2.75, 3.05) is 12.8 Å². The molecule has 1 aromatic carbocycles. The minimum atomic E-state index is -0.342. The van der Waals surface area contributed by atoms with E-state index in [4.69, 9.17) is 11.6 Å². The smallest absolute Gasteiger partial charge is 0.142 e. The van der Waals surface area contributed by atoms with Crippen LogP contribution in [-0.2, 0) is 18.6 Å². The summed E-state index contributed by atoms with van der Waals surface area (Å²) in [6.45, 7) is 0. The zero-order valence-corrected chi connectivity index (χ0v) is 14.2. The molecule has 21 heavy (non-hydrogen) atoms. The topological polar surface area (TPSA) is 12.0 Å². The van der Waals surface area contributed by atoms with E-state index >= 15 is 0 Å². The minimum absolute atomic E-state index is 0.185. The Morgan fingerprint density at radius 1 is 1.43 bits per heavy atom. The van der Waals surface area contributed by atoms with Crippen LogP contribution in [0.15, 0.2) is 24.3 Å². The summed E-state index contributed by atoms with van der Waals surface area (Å²) in [5, 5.41) is 3.59. The summed E-state index contributed by atoms with van der Waals surface area (Å²) in [6.07, 6.45) is 1.88. The van der Waals surface area contributed by atoms with Crippen LogP contribution in [0.4, 0.5) is 4.39 Å². The van der Waals surface area contributed by atoms with Crippen LogP contribution in [0.3, 0.4) is 0 Å². The number of halogens is 2. The van der Waals surface area contributed by atoms with Gasteiger partial charge < -0.3 is 5.32 Å². The lowest BCUT2D eigenvalue weighted by atomic mass is 10.0. The molecule has 3 rings (SSSR count). The number of benzene rings is 1. The summed E-state index contributed by atoms with van der Waals surface area (Å²) in [7, 11) is 1.95. The molecule has 2 heterocycles. The van der Waals surface area contributed by atoms with Gasteiger partial charge in [-0.15, -0.1) is 11.3 Å². The average Bonchev–Trinajstić information content (AvgIpc) is 2.92. The SMILES string of the molecule is CNC(Cc1cccc(F)c1Cl)c1cc2c(s1)CCSC2. The van der Waals surface area contributed by atoms with Gasteiger partial charge in [0.1, 0.15) is 5.82 Å². The highest BCUT2D eigenvalue weighted by Crippen LogP contribution is 2.36. The molecule has 1 unspecified atom stereocenters. The molecule has 5 heteroatoms. The maximum Gasteiger partial charge on any atom is 0.142 e. The molecule has 1 aliphatic rings. The maximum absolute atomic E-state index is 13.6. The standard InChI is InChI=1S/C16H17ClFNS2/c1-19-13(7-10-3-2-4-12(18)16(10)17)15-8-11-9-20-6-5-14(11)21-15/h2-4,8,13,19H,5-7,9H2,1H3. The Balaban J connectivity index is 1.85. The van der Waals surface area contributed by atoms with E-state index in [0.29, 0.717) is 6.42 Å². The van der Waals surface area contributed by atoms with Crippen LogP contribution < -0.4 is 5.32 Å². The van der Waals surface area contributed by atoms with Crippen LogP contribution >= 0.6 is 34.7 Å². The molecule has 1 N–H and O–H groups in total. The normalized spacial score (nSPS) is 15.8. The highest BCUT2D eigenvalue weighted by Gasteiger charge is 2.20. The van der Waals surface area contributed by atoms with Crippen LogP contribution in [0.1, 0.15) is 26.9 Å². The second-order valence-electron chi connectivity index (χ2n) is 5.16. The number of thiophene rings is 1. The number of likely N-dealkylation sites (N-methyl/N-ethyl adjacent to an activating group) is 1. The molecule has 0 radical (unpaired) electrons. The van der Waals surface area contributed by atoms with E-state index < -0.39 is 0 Å². The maximum atomic E-state index is 13.6. The molecular formula is C16H17ClFNS2. The second-order valence-corrected chi connectivity index (χ2v) is 7.81. The Morgan fingerprint density at radius 2 is 2.29 bits per heavy atom. The minimum Gasteiger partial charge on any atom is -0.312 e. The third-order valence-corrected chi connectivity index (χ3v) is 6.58. The quantitative estimate of drug-likeness (QED) is 0.854. The van der Waals surface area contributed by atoms with Crippen LogP contribution in [-0.4, -0.2) is 12.8 Å². The molecule has 0 bridgehead atoms. The summed E-state index contributed by atoms with van der Waals surface area (Å²) in [4.78, 5) is 2.83. The van der Waals surface area contributed by atoms with Crippen molar-refractivity contribution in [2.45, 2.75) is 24.6 Å². The molecular weight excluding hydrogens is 325 g/mol. The molecule has 0 saturated carbocycles. The van der Waals surface area contributed by atoms with Crippen molar-refractivity contribution >= 4 is 34.7 Å². The molecule has 1 nitrogen and oxygen atoms in total. The highest BCUT2D eigenvalue weighted by molar-refractivity contribution is 7.98. The van der Waals surface area contributed by atoms with E-state index in [0.717, 1.165) is 11.3 Å². The van der Waals surface area contributed by atoms with Gasteiger partial charge in [0.15, 0.2) is 0 Å². The van der Waals surface area contributed by atoms with Crippen molar-refractivity contribution < 1.29 is 4.39 Å². The summed E-state index contributed by atoms with van der Waals surface area (Å²) < 4.78 is 13.6. The van der Waals surface area contributed by atoms with Gasteiger partial charge in [0.25, 0.3) is 0 Å². The third kappa shape index (κ3) is 3.29. The van der Waals surface area contributed by atoms with Gasteiger partial charge in [-0.05, 0) is 48.9 Å². The monoisotopic (exact) mass is 341 g/mol. The molecule has 1 aromatic heterocycles. The number of hydrogen-bond donors (Lipinski definition) is 1. The van der Waals surface area contributed by atoms with Gasteiger partial charge in [-0.2, -0.15) is 11.8 Å². The van der Waals surface area contributed by atoms with Gasteiger partial charge in [-0.25, -0.2) is 4.39 Å². The molecule has 1 atom stereocenters. The van der Waals surface area contributed by atoms with E-state index in [1.165, 1.54) is 33.6 Å². The fourth-order valence-corrected chi connectivity index (χ4v) is 5.30. The zero-order chi connectivity index (χ0) is 14.8. The molecule has 0 amide bonds. The van der Waals surface area contributed by atoms with E-state index in [9.17, 15) is 4.39 Å². The molecule has 2 aromatic rings. The van der Waals surface area contributed by atoms with Crippen LogP contribution in [0.25, 0.3) is 0 Å². The Bertz CT molecular complexity index is 618. The van der Waals surface area contributed by atoms with E-state index in [-0.39, 0.29) is 16.9 Å². The fraction of sp³-hybridized carbons (Fsp3) is 0.375. The summed E-state index contributed by atoms with van der Waals surface area (Å²) in [6, 6.07) is 7.52. The van der Waals surface area contributed by atoms with E-state index in [2.05, 4.69) is 11.4 Å². The van der Waals surface area contributed by atoms with Crippen LogP contribution in [0, 0.1) is 5.82 Å². The molecule has 1 aliphatic heterocycles. The summed E-state index contributed by atoms with van der Waals surface area (Å²) >= 11 is 9.96. The zero-order valence-electron chi connectivity index (χ0n) is 11.8.